The second-order valence-corrected chi connectivity index (χ2v) is 2.76. The number of carbonyl (C=O) groups is 1. The number of primary amides is 1. The Hall–Kier alpha value is -1.75. The standard InChI is InChI=1S/C11H11NO/c1-9-5-2-3-6-10(9)7-4-8-11(12)13/h2-3,5-6H,8H2,1H3,(H2,12,13). The summed E-state index contributed by atoms with van der Waals surface area (Å²) in [6, 6.07) is 7.77. The van der Waals surface area contributed by atoms with E-state index in [-0.39, 0.29) is 12.3 Å². The van der Waals surface area contributed by atoms with Crippen molar-refractivity contribution in [3.63, 3.8) is 0 Å². The van der Waals surface area contributed by atoms with Crippen LogP contribution in [0.25, 0.3) is 0 Å². The Kier molecular flexibility index (Phi) is 3.10. The van der Waals surface area contributed by atoms with E-state index in [9.17, 15) is 4.79 Å². The number of benzene rings is 1. The van der Waals surface area contributed by atoms with Crippen LogP contribution in [0.3, 0.4) is 0 Å². The van der Waals surface area contributed by atoms with Gasteiger partial charge in [0, 0.05) is 5.56 Å². The molecule has 0 atom stereocenters. The molecule has 1 aromatic carbocycles. The predicted molar refractivity (Wildman–Crippen MR) is 51.9 cm³/mol. The van der Waals surface area contributed by atoms with Gasteiger partial charge in [-0.15, -0.1) is 0 Å². The molecule has 66 valence electrons. The fourth-order valence-electron chi connectivity index (χ4n) is 0.940. The van der Waals surface area contributed by atoms with Crippen molar-refractivity contribution in [3.8, 4) is 11.8 Å². The summed E-state index contributed by atoms with van der Waals surface area (Å²) in [4.78, 5) is 10.4. The lowest BCUT2D eigenvalue weighted by molar-refractivity contribution is -0.117. The zero-order valence-corrected chi connectivity index (χ0v) is 7.50. The summed E-state index contributed by atoms with van der Waals surface area (Å²) in [5, 5.41) is 0. The minimum absolute atomic E-state index is 0.119. The summed E-state index contributed by atoms with van der Waals surface area (Å²) in [5.41, 5.74) is 7.01. The Morgan fingerprint density at radius 2 is 2.15 bits per heavy atom. The maximum absolute atomic E-state index is 10.4. The highest BCUT2D eigenvalue weighted by atomic mass is 16.1. The molecule has 0 aliphatic rings. The van der Waals surface area contributed by atoms with Crippen molar-refractivity contribution in [1.29, 1.82) is 0 Å². The van der Waals surface area contributed by atoms with E-state index in [0.717, 1.165) is 11.1 Å². The van der Waals surface area contributed by atoms with Gasteiger partial charge in [0.2, 0.25) is 5.91 Å². The first-order valence-electron chi connectivity index (χ1n) is 4.03. The highest BCUT2D eigenvalue weighted by molar-refractivity contribution is 5.76. The quantitative estimate of drug-likeness (QED) is 0.637. The SMILES string of the molecule is Cc1ccccc1C#CCC(N)=O. The van der Waals surface area contributed by atoms with Crippen LogP contribution in [0.2, 0.25) is 0 Å². The largest absolute Gasteiger partial charge is 0.369 e. The number of amides is 1. The van der Waals surface area contributed by atoms with Gasteiger partial charge in [0.25, 0.3) is 0 Å². The maximum Gasteiger partial charge on any atom is 0.229 e. The van der Waals surface area contributed by atoms with Crippen molar-refractivity contribution in [1.82, 2.24) is 0 Å². The monoisotopic (exact) mass is 173 g/mol. The molecule has 0 aliphatic heterocycles. The predicted octanol–water partition coefficient (Wildman–Crippen LogP) is 1.22. The Balaban J connectivity index is 2.77. The van der Waals surface area contributed by atoms with Crippen molar-refractivity contribution in [2.75, 3.05) is 0 Å². The van der Waals surface area contributed by atoms with Crippen LogP contribution in [0.5, 0.6) is 0 Å². The Bertz CT molecular complexity index is 371. The number of aryl methyl sites for hydroxylation is 1. The van der Waals surface area contributed by atoms with Gasteiger partial charge < -0.3 is 5.73 Å². The van der Waals surface area contributed by atoms with Gasteiger partial charge in [0.15, 0.2) is 0 Å². The third-order valence-corrected chi connectivity index (χ3v) is 1.63. The molecule has 1 aromatic rings. The molecular formula is C11H11NO. The van der Waals surface area contributed by atoms with E-state index in [1.165, 1.54) is 0 Å². The summed E-state index contributed by atoms with van der Waals surface area (Å²) in [5.74, 6) is 5.22. The molecule has 0 aliphatic carbocycles. The summed E-state index contributed by atoms with van der Waals surface area (Å²) in [6.45, 7) is 1.98. The molecule has 0 aromatic heterocycles. The first kappa shape index (κ1) is 9.34. The van der Waals surface area contributed by atoms with E-state index in [2.05, 4.69) is 11.8 Å². The summed E-state index contributed by atoms with van der Waals surface area (Å²) >= 11 is 0. The molecular weight excluding hydrogens is 162 g/mol. The van der Waals surface area contributed by atoms with Gasteiger partial charge in [-0.2, -0.15) is 0 Å². The van der Waals surface area contributed by atoms with Gasteiger partial charge in [0.1, 0.15) is 0 Å². The van der Waals surface area contributed by atoms with Crippen molar-refractivity contribution in [3.05, 3.63) is 35.4 Å². The number of hydrogen-bond donors (Lipinski definition) is 1. The molecule has 0 radical (unpaired) electrons. The summed E-state index contributed by atoms with van der Waals surface area (Å²) < 4.78 is 0. The number of rotatable bonds is 1. The third kappa shape index (κ3) is 3.00. The smallest absolute Gasteiger partial charge is 0.229 e. The first-order chi connectivity index (χ1) is 6.20. The minimum Gasteiger partial charge on any atom is -0.369 e. The topological polar surface area (TPSA) is 43.1 Å². The summed E-state index contributed by atoms with van der Waals surface area (Å²) in [7, 11) is 0. The lowest BCUT2D eigenvalue weighted by atomic mass is 10.1. The van der Waals surface area contributed by atoms with Crippen LogP contribution in [0.15, 0.2) is 24.3 Å². The average Bonchev–Trinajstić information content (AvgIpc) is 2.08. The van der Waals surface area contributed by atoms with Gasteiger partial charge in [-0.05, 0) is 18.6 Å². The fourth-order valence-corrected chi connectivity index (χ4v) is 0.940. The Labute approximate surface area is 77.8 Å². The lowest BCUT2D eigenvalue weighted by Crippen LogP contribution is -2.08. The molecule has 2 nitrogen and oxygen atoms in total. The van der Waals surface area contributed by atoms with E-state index in [1.807, 2.05) is 31.2 Å². The maximum atomic E-state index is 10.4. The van der Waals surface area contributed by atoms with E-state index in [1.54, 1.807) is 0 Å². The molecule has 0 spiro atoms. The minimum atomic E-state index is -0.388. The molecule has 2 heteroatoms. The highest BCUT2D eigenvalue weighted by Gasteiger charge is 1.90. The molecule has 0 fully saturated rings. The van der Waals surface area contributed by atoms with Crippen molar-refractivity contribution in [2.24, 2.45) is 5.73 Å². The second kappa shape index (κ2) is 4.32. The van der Waals surface area contributed by atoms with Crippen LogP contribution in [0.1, 0.15) is 17.5 Å². The van der Waals surface area contributed by atoms with E-state index < -0.39 is 0 Å². The third-order valence-electron chi connectivity index (χ3n) is 1.63. The molecule has 1 amide bonds. The van der Waals surface area contributed by atoms with Gasteiger partial charge in [0.05, 0.1) is 6.42 Å². The van der Waals surface area contributed by atoms with Crippen LogP contribution in [-0.2, 0) is 4.79 Å². The van der Waals surface area contributed by atoms with Gasteiger partial charge in [-0.25, -0.2) is 0 Å². The number of carbonyl (C=O) groups excluding carboxylic acids is 1. The normalized spacial score (nSPS) is 8.69. The van der Waals surface area contributed by atoms with E-state index >= 15 is 0 Å². The Morgan fingerprint density at radius 1 is 1.46 bits per heavy atom. The second-order valence-electron chi connectivity index (χ2n) is 2.76. The number of hydrogen-bond acceptors (Lipinski definition) is 1. The number of nitrogens with two attached hydrogens (primary N) is 1. The van der Waals surface area contributed by atoms with Gasteiger partial charge >= 0.3 is 0 Å². The van der Waals surface area contributed by atoms with Crippen LogP contribution >= 0.6 is 0 Å². The van der Waals surface area contributed by atoms with E-state index in [4.69, 9.17) is 5.73 Å². The molecule has 2 N–H and O–H groups in total. The summed E-state index contributed by atoms with van der Waals surface area (Å²) in [6.07, 6.45) is 0.119. The average molecular weight is 173 g/mol. The van der Waals surface area contributed by atoms with Crippen molar-refractivity contribution < 1.29 is 4.79 Å². The van der Waals surface area contributed by atoms with E-state index in [0.29, 0.717) is 0 Å². The van der Waals surface area contributed by atoms with Crippen LogP contribution < -0.4 is 5.73 Å². The fraction of sp³-hybridized carbons (Fsp3) is 0.182. The Morgan fingerprint density at radius 3 is 2.77 bits per heavy atom. The molecule has 0 bridgehead atoms. The zero-order chi connectivity index (χ0) is 9.68. The molecule has 0 saturated carbocycles. The van der Waals surface area contributed by atoms with Crippen molar-refractivity contribution >= 4 is 5.91 Å². The molecule has 0 saturated heterocycles. The molecule has 0 unspecified atom stereocenters. The molecule has 0 heterocycles. The molecule has 1 rings (SSSR count). The van der Waals surface area contributed by atoms with Crippen LogP contribution in [0, 0.1) is 18.8 Å². The van der Waals surface area contributed by atoms with Gasteiger partial charge in [-0.3, -0.25) is 4.79 Å². The van der Waals surface area contributed by atoms with Crippen LogP contribution in [-0.4, -0.2) is 5.91 Å². The lowest BCUT2D eigenvalue weighted by Gasteiger charge is -1.94. The van der Waals surface area contributed by atoms with Gasteiger partial charge in [-0.1, -0.05) is 30.0 Å². The first-order valence-corrected chi connectivity index (χ1v) is 4.03. The highest BCUT2D eigenvalue weighted by Crippen LogP contribution is 2.04. The molecule has 13 heavy (non-hydrogen) atoms. The van der Waals surface area contributed by atoms with Crippen molar-refractivity contribution in [2.45, 2.75) is 13.3 Å². The zero-order valence-electron chi connectivity index (χ0n) is 7.50. The van der Waals surface area contributed by atoms with Crippen LogP contribution in [0.4, 0.5) is 0 Å².